The van der Waals surface area contributed by atoms with Crippen molar-refractivity contribution in [2.24, 2.45) is 0 Å². The topological polar surface area (TPSA) is 17.1 Å². The molecule has 2 heteroatoms. The van der Waals surface area contributed by atoms with Gasteiger partial charge in [-0.15, -0.1) is 0 Å². The van der Waals surface area contributed by atoms with Gasteiger partial charge in [-0.05, 0) is 24.1 Å². The number of halogens is 1. The molecule has 0 aliphatic heterocycles. The van der Waals surface area contributed by atoms with Gasteiger partial charge in [0.2, 0.25) is 6.29 Å². The number of hydrogen-bond acceptors (Lipinski definition) is 1. The Morgan fingerprint density at radius 2 is 2.23 bits per heavy atom. The third kappa shape index (κ3) is 3.65. The van der Waals surface area contributed by atoms with Crippen LogP contribution < -0.4 is 0 Å². The Morgan fingerprint density at radius 3 is 2.92 bits per heavy atom. The van der Waals surface area contributed by atoms with Crippen LogP contribution in [-0.4, -0.2) is 6.29 Å². The number of hydrogen-bond donors (Lipinski definition) is 0. The van der Waals surface area contributed by atoms with Crippen LogP contribution in [0.1, 0.15) is 12.0 Å². The van der Waals surface area contributed by atoms with Crippen LogP contribution in [0.15, 0.2) is 36.4 Å². The quantitative estimate of drug-likeness (QED) is 0.645. The Morgan fingerprint density at radius 1 is 1.38 bits per heavy atom. The number of carbonyl (C=O) groups excluding carboxylic acids is 1. The molecule has 0 fully saturated rings. The highest BCUT2D eigenvalue weighted by molar-refractivity contribution is 5.52. The van der Waals surface area contributed by atoms with Gasteiger partial charge in [0.25, 0.3) is 0 Å². The van der Waals surface area contributed by atoms with Crippen molar-refractivity contribution in [3.8, 4) is 0 Å². The molecule has 1 nitrogen and oxygen atoms in total. The Labute approximate surface area is 76.9 Å². The standard InChI is InChI=1S/C11H10FO/c12-11-7-4-6-10(9-11)5-2-1-3-8-13/h1-2,4,6-7,9H,3,5H2. The second kappa shape index (κ2) is 5.25. The van der Waals surface area contributed by atoms with Crippen molar-refractivity contribution in [2.45, 2.75) is 12.8 Å². The van der Waals surface area contributed by atoms with Crippen molar-refractivity contribution in [1.29, 1.82) is 0 Å². The lowest BCUT2D eigenvalue weighted by molar-refractivity contribution is 0.556. The first-order valence-corrected chi connectivity index (χ1v) is 4.07. The molecule has 0 heterocycles. The molecule has 1 rings (SSSR count). The normalized spacial score (nSPS) is 10.5. The van der Waals surface area contributed by atoms with Crippen molar-refractivity contribution in [3.05, 3.63) is 47.8 Å². The molecule has 0 atom stereocenters. The van der Waals surface area contributed by atoms with E-state index in [1.54, 1.807) is 18.4 Å². The van der Waals surface area contributed by atoms with Gasteiger partial charge in [0.1, 0.15) is 5.82 Å². The summed E-state index contributed by atoms with van der Waals surface area (Å²) in [5.74, 6) is -0.229. The maximum atomic E-state index is 12.7. The van der Waals surface area contributed by atoms with Gasteiger partial charge in [-0.3, -0.25) is 4.79 Å². The molecule has 67 valence electrons. The maximum Gasteiger partial charge on any atom is 0.202 e. The van der Waals surface area contributed by atoms with E-state index in [9.17, 15) is 9.18 Å². The third-order valence-corrected chi connectivity index (χ3v) is 1.61. The van der Waals surface area contributed by atoms with Crippen LogP contribution in [0.2, 0.25) is 0 Å². The van der Waals surface area contributed by atoms with Crippen molar-refractivity contribution >= 4 is 6.29 Å². The van der Waals surface area contributed by atoms with E-state index in [-0.39, 0.29) is 5.82 Å². The van der Waals surface area contributed by atoms with Crippen LogP contribution in [-0.2, 0) is 11.2 Å². The van der Waals surface area contributed by atoms with E-state index < -0.39 is 0 Å². The molecule has 0 saturated carbocycles. The van der Waals surface area contributed by atoms with Gasteiger partial charge in [0, 0.05) is 6.42 Å². The zero-order valence-electron chi connectivity index (χ0n) is 7.16. The Hall–Kier alpha value is -1.44. The molecule has 0 spiro atoms. The predicted molar refractivity (Wildman–Crippen MR) is 49.6 cm³/mol. The highest BCUT2D eigenvalue weighted by Crippen LogP contribution is 2.04. The summed E-state index contributed by atoms with van der Waals surface area (Å²) in [6.07, 6.45) is 6.26. The number of allylic oxidation sites excluding steroid dienone is 2. The average molecular weight is 177 g/mol. The van der Waals surface area contributed by atoms with Gasteiger partial charge in [-0.2, -0.15) is 0 Å². The summed E-state index contributed by atoms with van der Waals surface area (Å²) >= 11 is 0. The van der Waals surface area contributed by atoms with E-state index in [2.05, 4.69) is 0 Å². The largest absolute Gasteiger partial charge is 0.291 e. The van der Waals surface area contributed by atoms with Gasteiger partial charge in [-0.1, -0.05) is 24.3 Å². The van der Waals surface area contributed by atoms with Crippen LogP contribution in [0.25, 0.3) is 0 Å². The molecule has 1 radical (unpaired) electrons. The summed E-state index contributed by atoms with van der Waals surface area (Å²) in [7, 11) is 0. The minimum absolute atomic E-state index is 0.229. The number of rotatable bonds is 4. The van der Waals surface area contributed by atoms with E-state index in [4.69, 9.17) is 0 Å². The van der Waals surface area contributed by atoms with Crippen molar-refractivity contribution in [3.63, 3.8) is 0 Å². The minimum Gasteiger partial charge on any atom is -0.291 e. The van der Waals surface area contributed by atoms with Crippen molar-refractivity contribution < 1.29 is 9.18 Å². The molecule has 0 saturated heterocycles. The van der Waals surface area contributed by atoms with Gasteiger partial charge in [0.15, 0.2) is 0 Å². The monoisotopic (exact) mass is 177 g/mol. The summed E-state index contributed by atoms with van der Waals surface area (Å²) in [4.78, 5) is 9.83. The summed E-state index contributed by atoms with van der Waals surface area (Å²) in [5, 5.41) is 0. The summed E-state index contributed by atoms with van der Waals surface area (Å²) in [5.41, 5.74) is 0.905. The van der Waals surface area contributed by atoms with Crippen LogP contribution in [0.3, 0.4) is 0 Å². The lowest BCUT2D eigenvalue weighted by Crippen LogP contribution is -1.82. The molecule has 1 aromatic rings. The third-order valence-electron chi connectivity index (χ3n) is 1.61. The smallest absolute Gasteiger partial charge is 0.202 e. The summed E-state index contributed by atoms with van der Waals surface area (Å²) < 4.78 is 12.7. The van der Waals surface area contributed by atoms with E-state index >= 15 is 0 Å². The first kappa shape index (κ1) is 9.65. The molecule has 0 N–H and O–H groups in total. The zero-order chi connectivity index (χ0) is 9.52. The van der Waals surface area contributed by atoms with E-state index in [0.717, 1.165) is 5.56 Å². The van der Waals surface area contributed by atoms with Crippen LogP contribution in [0.4, 0.5) is 4.39 Å². The molecular formula is C11H10FO. The molecule has 0 unspecified atom stereocenters. The van der Waals surface area contributed by atoms with Crippen molar-refractivity contribution in [2.75, 3.05) is 0 Å². The fraction of sp³-hybridized carbons (Fsp3) is 0.182. The summed E-state index contributed by atoms with van der Waals surface area (Å²) in [6.45, 7) is 0. The fourth-order valence-corrected chi connectivity index (χ4v) is 1.01. The van der Waals surface area contributed by atoms with E-state index in [1.807, 2.05) is 12.1 Å². The molecule has 0 aliphatic carbocycles. The number of benzene rings is 1. The molecule has 0 amide bonds. The second-order valence-electron chi connectivity index (χ2n) is 2.65. The van der Waals surface area contributed by atoms with Gasteiger partial charge < -0.3 is 0 Å². The highest BCUT2D eigenvalue weighted by atomic mass is 19.1. The van der Waals surface area contributed by atoms with Crippen LogP contribution in [0, 0.1) is 5.82 Å². The van der Waals surface area contributed by atoms with Crippen LogP contribution in [0.5, 0.6) is 0 Å². The molecule has 0 aliphatic rings. The predicted octanol–water partition coefficient (Wildman–Crippen LogP) is 2.42. The lowest BCUT2D eigenvalue weighted by Gasteiger charge is -1.94. The van der Waals surface area contributed by atoms with E-state index in [0.29, 0.717) is 12.8 Å². The Bertz CT molecular complexity index is 305. The minimum atomic E-state index is -0.229. The SMILES string of the molecule is O=[C]CC=CCc1cccc(F)c1. The zero-order valence-corrected chi connectivity index (χ0v) is 7.16. The lowest BCUT2D eigenvalue weighted by atomic mass is 10.1. The van der Waals surface area contributed by atoms with Gasteiger partial charge in [0.05, 0.1) is 0 Å². The van der Waals surface area contributed by atoms with Crippen molar-refractivity contribution in [1.82, 2.24) is 0 Å². The first-order valence-electron chi connectivity index (χ1n) is 4.07. The van der Waals surface area contributed by atoms with E-state index in [1.165, 1.54) is 12.1 Å². The van der Waals surface area contributed by atoms with Crippen LogP contribution >= 0.6 is 0 Å². The second-order valence-corrected chi connectivity index (χ2v) is 2.65. The first-order chi connectivity index (χ1) is 6.33. The average Bonchev–Trinajstić information content (AvgIpc) is 2.13. The Balaban J connectivity index is 2.49. The van der Waals surface area contributed by atoms with Gasteiger partial charge >= 0.3 is 0 Å². The molecule has 1 aromatic carbocycles. The summed E-state index contributed by atoms with van der Waals surface area (Å²) in [6, 6.07) is 6.41. The molecule has 13 heavy (non-hydrogen) atoms. The maximum absolute atomic E-state index is 12.7. The molecule has 0 bridgehead atoms. The molecule has 0 aromatic heterocycles. The Kier molecular flexibility index (Phi) is 3.89. The fourth-order valence-electron chi connectivity index (χ4n) is 1.01. The highest BCUT2D eigenvalue weighted by Gasteiger charge is 1.91. The molecular weight excluding hydrogens is 167 g/mol. The van der Waals surface area contributed by atoms with Gasteiger partial charge in [-0.25, -0.2) is 4.39 Å².